The summed E-state index contributed by atoms with van der Waals surface area (Å²) in [6.07, 6.45) is 78.9. The van der Waals surface area contributed by atoms with Crippen molar-refractivity contribution in [1.82, 2.24) is 5.32 Å². The van der Waals surface area contributed by atoms with Crippen molar-refractivity contribution in [2.24, 2.45) is 0 Å². The van der Waals surface area contributed by atoms with Crippen molar-refractivity contribution in [3.8, 4) is 0 Å². The zero-order valence-corrected chi connectivity index (χ0v) is 39.6. The molecule has 4 heteroatoms. The summed E-state index contributed by atoms with van der Waals surface area (Å²) in [6, 6.07) is -0.661. The number of unbranched alkanes of at least 4 members (excludes halogenated alkanes) is 19. The van der Waals surface area contributed by atoms with Crippen LogP contribution in [0.1, 0.15) is 213 Å². The zero-order chi connectivity index (χ0) is 44.2. The second-order valence-corrected chi connectivity index (χ2v) is 16.5. The maximum atomic E-state index is 12.4. The lowest BCUT2D eigenvalue weighted by molar-refractivity contribution is -0.123. The van der Waals surface area contributed by atoms with Crippen LogP contribution in [-0.4, -0.2) is 34.9 Å². The molecule has 0 saturated heterocycles. The lowest BCUT2D eigenvalue weighted by Gasteiger charge is -2.19. The number of carbonyl (C=O) groups is 1. The Morgan fingerprint density at radius 1 is 0.410 bits per heavy atom. The molecule has 61 heavy (non-hydrogen) atoms. The first kappa shape index (κ1) is 57.8. The summed E-state index contributed by atoms with van der Waals surface area (Å²) in [5, 5.41) is 23.1. The predicted molar refractivity (Wildman–Crippen MR) is 271 cm³/mol. The van der Waals surface area contributed by atoms with E-state index in [2.05, 4.69) is 129 Å². The van der Waals surface area contributed by atoms with Crippen molar-refractivity contribution in [3.05, 3.63) is 122 Å². The Balaban J connectivity index is 3.70. The Labute approximate surface area is 378 Å². The minimum atomic E-state index is -0.884. The van der Waals surface area contributed by atoms with E-state index in [0.717, 1.165) is 96.3 Å². The van der Waals surface area contributed by atoms with Gasteiger partial charge in [0.05, 0.1) is 18.8 Å². The van der Waals surface area contributed by atoms with Crippen molar-refractivity contribution in [3.63, 3.8) is 0 Å². The molecule has 0 fully saturated rings. The molecule has 2 atom stereocenters. The number of carbonyl (C=O) groups excluding carboxylic acids is 1. The highest BCUT2D eigenvalue weighted by Crippen LogP contribution is 2.13. The van der Waals surface area contributed by atoms with E-state index in [1.54, 1.807) is 6.08 Å². The number of rotatable bonds is 44. The number of hydrogen-bond donors (Lipinski definition) is 3. The number of nitrogens with one attached hydrogen (secondary N) is 1. The second-order valence-electron chi connectivity index (χ2n) is 16.5. The average molecular weight is 842 g/mol. The van der Waals surface area contributed by atoms with Gasteiger partial charge in [-0.15, -0.1) is 0 Å². The first-order valence-electron chi connectivity index (χ1n) is 25.2. The van der Waals surface area contributed by atoms with E-state index in [0.29, 0.717) is 6.42 Å². The molecular weight excluding hydrogens is 747 g/mol. The van der Waals surface area contributed by atoms with Crippen LogP contribution < -0.4 is 5.32 Å². The summed E-state index contributed by atoms with van der Waals surface area (Å²) in [6.45, 7) is 4.17. The molecule has 0 rings (SSSR count). The van der Waals surface area contributed by atoms with E-state index >= 15 is 0 Å². The number of allylic oxidation sites excluding steroid dienone is 19. The smallest absolute Gasteiger partial charge is 0.220 e. The van der Waals surface area contributed by atoms with Gasteiger partial charge in [0.25, 0.3) is 0 Å². The van der Waals surface area contributed by atoms with Gasteiger partial charge in [-0.05, 0) is 103 Å². The molecule has 0 heterocycles. The van der Waals surface area contributed by atoms with Gasteiger partial charge in [-0.1, -0.05) is 225 Å². The minimum absolute atomic E-state index is 0.0946. The van der Waals surface area contributed by atoms with Crippen LogP contribution in [0.25, 0.3) is 0 Å². The van der Waals surface area contributed by atoms with Crippen molar-refractivity contribution < 1.29 is 15.0 Å². The molecule has 1 amide bonds. The lowest BCUT2D eigenvalue weighted by Crippen LogP contribution is -2.45. The summed E-state index contributed by atoms with van der Waals surface area (Å²) in [4.78, 5) is 12.4. The van der Waals surface area contributed by atoms with Crippen LogP contribution >= 0.6 is 0 Å². The molecule has 0 aromatic carbocycles. The van der Waals surface area contributed by atoms with Gasteiger partial charge in [0, 0.05) is 6.42 Å². The number of aliphatic hydroxyl groups is 2. The molecule has 0 aliphatic heterocycles. The van der Waals surface area contributed by atoms with Crippen LogP contribution in [0.15, 0.2) is 122 Å². The monoisotopic (exact) mass is 842 g/mol. The molecule has 2 unspecified atom stereocenters. The highest BCUT2D eigenvalue weighted by Gasteiger charge is 2.17. The Morgan fingerprint density at radius 3 is 1.15 bits per heavy atom. The SMILES string of the molecule is CC/C=C\C/C=C\C/C=C\C/C=C\C/C=C\C/C=C\C/C=C\CCCCCCCCCC(=O)NC(CO)C(O)/C=C/CC/C=C/CC/C=C/CCCCCCCCCCCC. The molecule has 0 aliphatic carbocycles. The molecule has 0 aromatic heterocycles. The summed E-state index contributed by atoms with van der Waals surface area (Å²) >= 11 is 0. The summed E-state index contributed by atoms with van der Waals surface area (Å²) in [7, 11) is 0. The van der Waals surface area contributed by atoms with Gasteiger partial charge in [-0.25, -0.2) is 0 Å². The van der Waals surface area contributed by atoms with Crippen LogP contribution in [0.4, 0.5) is 0 Å². The quantitative estimate of drug-likeness (QED) is 0.0423. The van der Waals surface area contributed by atoms with E-state index in [1.165, 1.54) is 96.3 Å². The van der Waals surface area contributed by atoms with Gasteiger partial charge in [-0.3, -0.25) is 4.79 Å². The second kappa shape index (κ2) is 51.1. The number of aliphatic hydroxyl groups excluding tert-OH is 2. The maximum absolute atomic E-state index is 12.4. The summed E-state index contributed by atoms with van der Waals surface area (Å²) in [5.41, 5.74) is 0. The Kier molecular flexibility index (Phi) is 48.5. The fourth-order valence-corrected chi connectivity index (χ4v) is 6.84. The van der Waals surface area contributed by atoms with Crippen molar-refractivity contribution in [2.75, 3.05) is 6.61 Å². The van der Waals surface area contributed by atoms with Gasteiger partial charge < -0.3 is 15.5 Å². The van der Waals surface area contributed by atoms with Crippen LogP contribution in [-0.2, 0) is 4.79 Å². The normalized spacial score (nSPS) is 14.0. The van der Waals surface area contributed by atoms with E-state index in [9.17, 15) is 15.0 Å². The molecule has 3 N–H and O–H groups in total. The lowest BCUT2D eigenvalue weighted by atomic mass is 10.1. The van der Waals surface area contributed by atoms with E-state index in [1.807, 2.05) is 6.08 Å². The van der Waals surface area contributed by atoms with Gasteiger partial charge in [0.2, 0.25) is 5.91 Å². The van der Waals surface area contributed by atoms with Crippen LogP contribution in [0.3, 0.4) is 0 Å². The van der Waals surface area contributed by atoms with Crippen LogP contribution in [0.5, 0.6) is 0 Å². The Bertz CT molecular complexity index is 1230. The molecule has 0 radical (unpaired) electrons. The fourth-order valence-electron chi connectivity index (χ4n) is 6.84. The number of hydrogen-bond acceptors (Lipinski definition) is 3. The average Bonchev–Trinajstić information content (AvgIpc) is 3.26. The summed E-state index contributed by atoms with van der Waals surface area (Å²) < 4.78 is 0. The molecule has 0 aromatic rings. The number of amides is 1. The van der Waals surface area contributed by atoms with Crippen molar-refractivity contribution in [2.45, 2.75) is 225 Å². The fraction of sp³-hybridized carbons (Fsp3) is 0.632. The molecule has 0 saturated carbocycles. The van der Waals surface area contributed by atoms with Gasteiger partial charge in [0.1, 0.15) is 0 Å². The highest BCUT2D eigenvalue weighted by atomic mass is 16.3. The third-order valence-electron chi connectivity index (χ3n) is 10.7. The van der Waals surface area contributed by atoms with E-state index in [4.69, 9.17) is 0 Å². The van der Waals surface area contributed by atoms with Crippen LogP contribution in [0.2, 0.25) is 0 Å². The standard InChI is InChI=1S/C57H95NO3/c1-3-5-7-9-11-13-15-17-19-21-23-25-26-27-28-29-30-31-32-33-35-37-39-41-43-45-47-49-51-53-57(61)58-55(54-59)56(60)52-50-48-46-44-42-40-38-36-34-24-22-20-18-16-14-12-10-8-6-4-2/h5,7,11,13,17,19,23,25,27-28,30-31,33-36,42,44,50,52,55-56,59-60H,3-4,6,8-10,12,14-16,18,20-22,24,26,29,32,37-41,43,45-49,51,53-54H2,1-2H3,(H,58,61)/b7-5-,13-11-,19-17-,25-23-,28-27-,31-30-,35-33-,36-34+,44-42+,52-50+. The topological polar surface area (TPSA) is 69.6 Å². The van der Waals surface area contributed by atoms with Crippen molar-refractivity contribution >= 4 is 5.91 Å². The molecule has 4 nitrogen and oxygen atoms in total. The Hall–Kier alpha value is -3.21. The third-order valence-corrected chi connectivity index (χ3v) is 10.7. The summed E-state index contributed by atoms with van der Waals surface area (Å²) in [5.74, 6) is -0.0946. The van der Waals surface area contributed by atoms with Crippen LogP contribution in [0, 0.1) is 0 Å². The van der Waals surface area contributed by atoms with E-state index < -0.39 is 12.1 Å². The Morgan fingerprint density at radius 2 is 0.738 bits per heavy atom. The first-order chi connectivity index (χ1) is 30.2. The van der Waals surface area contributed by atoms with Crippen molar-refractivity contribution in [1.29, 1.82) is 0 Å². The third kappa shape index (κ3) is 47.7. The molecular formula is C57H95NO3. The van der Waals surface area contributed by atoms with Gasteiger partial charge >= 0.3 is 0 Å². The molecule has 346 valence electrons. The zero-order valence-electron chi connectivity index (χ0n) is 39.6. The molecule has 0 bridgehead atoms. The largest absolute Gasteiger partial charge is 0.394 e. The highest BCUT2D eigenvalue weighted by molar-refractivity contribution is 5.76. The maximum Gasteiger partial charge on any atom is 0.220 e. The molecule has 0 spiro atoms. The first-order valence-corrected chi connectivity index (χ1v) is 25.2. The predicted octanol–water partition coefficient (Wildman–Crippen LogP) is 16.5. The molecule has 0 aliphatic rings. The van der Waals surface area contributed by atoms with E-state index in [-0.39, 0.29) is 12.5 Å². The van der Waals surface area contributed by atoms with Gasteiger partial charge in [-0.2, -0.15) is 0 Å². The van der Waals surface area contributed by atoms with Gasteiger partial charge in [0.15, 0.2) is 0 Å². The minimum Gasteiger partial charge on any atom is -0.394 e.